The van der Waals surface area contributed by atoms with Gasteiger partial charge in [0.15, 0.2) is 11.5 Å². The van der Waals surface area contributed by atoms with Gasteiger partial charge < -0.3 is 28.8 Å². The Morgan fingerprint density at radius 1 is 1.06 bits per heavy atom. The molecular weight excluding hydrogens is 424 g/mol. The monoisotopic (exact) mass is 452 g/mol. The number of carbonyl (C=O) groups excluding carboxylic acids is 1. The fraction of sp³-hybridized carbons (Fsp3) is 0.360. The second kappa shape index (κ2) is 9.95. The summed E-state index contributed by atoms with van der Waals surface area (Å²) < 4.78 is 21.9. The minimum atomic E-state index is -0.264. The molecule has 1 aliphatic rings. The van der Waals surface area contributed by atoms with Crippen molar-refractivity contribution in [2.45, 2.75) is 25.5 Å². The quantitative estimate of drug-likeness (QED) is 0.564. The van der Waals surface area contributed by atoms with Gasteiger partial charge in [0.25, 0.3) is 11.5 Å². The molecule has 0 spiro atoms. The molecule has 0 bridgehead atoms. The molecule has 1 saturated heterocycles. The molecule has 1 N–H and O–H groups in total. The number of rotatable bonds is 8. The third-order valence-electron chi connectivity index (χ3n) is 5.86. The summed E-state index contributed by atoms with van der Waals surface area (Å²) in [6.07, 6.45) is 1.77. The zero-order valence-corrected chi connectivity index (χ0v) is 19.1. The third-order valence-corrected chi connectivity index (χ3v) is 5.86. The molecule has 1 aromatic heterocycles. The first-order valence-corrected chi connectivity index (χ1v) is 10.9. The smallest absolute Gasteiger partial charge is 0.258 e. The summed E-state index contributed by atoms with van der Waals surface area (Å²) in [6, 6.07) is 12.4. The van der Waals surface area contributed by atoms with E-state index in [1.165, 1.54) is 7.11 Å². The van der Waals surface area contributed by atoms with Gasteiger partial charge in [-0.15, -0.1) is 0 Å². The topological polar surface area (TPSA) is 90.1 Å². The van der Waals surface area contributed by atoms with Gasteiger partial charge in [0.2, 0.25) is 0 Å². The van der Waals surface area contributed by atoms with Crippen molar-refractivity contribution in [1.29, 1.82) is 0 Å². The van der Waals surface area contributed by atoms with Crippen LogP contribution in [0.5, 0.6) is 17.2 Å². The summed E-state index contributed by atoms with van der Waals surface area (Å²) >= 11 is 0. The highest BCUT2D eigenvalue weighted by atomic mass is 16.5. The Morgan fingerprint density at radius 3 is 2.48 bits per heavy atom. The molecule has 2 aromatic carbocycles. The molecule has 3 aromatic rings. The molecule has 33 heavy (non-hydrogen) atoms. The molecule has 8 nitrogen and oxygen atoms in total. The highest BCUT2D eigenvalue weighted by Gasteiger charge is 2.26. The molecule has 174 valence electrons. The fourth-order valence-corrected chi connectivity index (χ4v) is 4.15. The van der Waals surface area contributed by atoms with E-state index in [1.807, 2.05) is 6.07 Å². The Bertz CT molecular complexity index is 1200. The number of H-pyrrole nitrogens is 1. The van der Waals surface area contributed by atoms with Crippen LogP contribution in [0, 0.1) is 0 Å². The SMILES string of the molecule is COc1cc2cc(CN(C[C@H]3CCCO3)C(=O)c3ccccc3OC)c(=O)[nH]c2cc1OC. The lowest BCUT2D eigenvalue weighted by Gasteiger charge is -2.26. The largest absolute Gasteiger partial charge is 0.496 e. The predicted molar refractivity (Wildman–Crippen MR) is 124 cm³/mol. The Balaban J connectivity index is 1.71. The number of aromatic amines is 1. The van der Waals surface area contributed by atoms with Crippen molar-refractivity contribution in [2.24, 2.45) is 0 Å². The number of ether oxygens (including phenoxy) is 4. The lowest BCUT2D eigenvalue weighted by atomic mass is 10.1. The van der Waals surface area contributed by atoms with Crippen molar-refractivity contribution < 1.29 is 23.7 Å². The van der Waals surface area contributed by atoms with E-state index >= 15 is 0 Å². The molecule has 1 fully saturated rings. The van der Waals surface area contributed by atoms with E-state index < -0.39 is 0 Å². The molecule has 4 rings (SSSR count). The Kier molecular flexibility index (Phi) is 6.84. The minimum Gasteiger partial charge on any atom is -0.496 e. The number of nitrogens with zero attached hydrogens (tertiary/aromatic N) is 1. The number of hydrogen-bond donors (Lipinski definition) is 1. The molecular formula is C25H28N2O6. The van der Waals surface area contributed by atoms with Gasteiger partial charge in [-0.1, -0.05) is 12.1 Å². The van der Waals surface area contributed by atoms with Crippen LogP contribution in [0.2, 0.25) is 0 Å². The normalized spacial score (nSPS) is 15.4. The molecule has 0 aliphatic carbocycles. The van der Waals surface area contributed by atoms with Crippen LogP contribution in [0.25, 0.3) is 10.9 Å². The molecule has 1 aliphatic heterocycles. The number of para-hydroxylation sites is 1. The lowest BCUT2D eigenvalue weighted by molar-refractivity contribution is 0.0504. The van der Waals surface area contributed by atoms with E-state index in [4.69, 9.17) is 18.9 Å². The van der Waals surface area contributed by atoms with Gasteiger partial charge >= 0.3 is 0 Å². The highest BCUT2D eigenvalue weighted by Crippen LogP contribution is 2.31. The van der Waals surface area contributed by atoms with Crippen LogP contribution in [0.15, 0.2) is 47.3 Å². The van der Waals surface area contributed by atoms with E-state index in [-0.39, 0.29) is 24.1 Å². The fourth-order valence-electron chi connectivity index (χ4n) is 4.15. The minimum absolute atomic E-state index is 0.0625. The second-order valence-corrected chi connectivity index (χ2v) is 7.94. The van der Waals surface area contributed by atoms with Crippen LogP contribution < -0.4 is 19.8 Å². The summed E-state index contributed by atoms with van der Waals surface area (Å²) in [5.74, 6) is 1.36. The number of carbonyl (C=O) groups is 1. The molecule has 2 heterocycles. The molecule has 0 saturated carbocycles. The number of nitrogens with one attached hydrogen (secondary N) is 1. The van der Waals surface area contributed by atoms with Gasteiger partial charge in [0.05, 0.1) is 45.1 Å². The van der Waals surface area contributed by atoms with Crippen LogP contribution in [0.3, 0.4) is 0 Å². The Hall–Kier alpha value is -3.52. The van der Waals surface area contributed by atoms with Gasteiger partial charge in [-0.2, -0.15) is 0 Å². The van der Waals surface area contributed by atoms with Gasteiger partial charge in [0.1, 0.15) is 5.75 Å². The standard InChI is InChI=1S/C25H28N2O6/c1-30-21-9-5-4-8-19(21)25(29)27(15-18-7-6-10-33-18)14-17-11-16-12-22(31-2)23(32-3)13-20(16)26-24(17)28/h4-5,8-9,11-13,18H,6-7,10,14-15H2,1-3H3,(H,26,28)/t18-/m1/s1. The third kappa shape index (κ3) is 4.80. The average Bonchev–Trinajstić information content (AvgIpc) is 3.36. The van der Waals surface area contributed by atoms with E-state index in [9.17, 15) is 9.59 Å². The first-order chi connectivity index (χ1) is 16.0. The van der Waals surface area contributed by atoms with E-state index in [1.54, 1.807) is 55.5 Å². The van der Waals surface area contributed by atoms with Crippen LogP contribution in [-0.2, 0) is 11.3 Å². The van der Waals surface area contributed by atoms with Crippen LogP contribution in [-0.4, -0.2) is 56.4 Å². The van der Waals surface area contributed by atoms with Crippen LogP contribution >= 0.6 is 0 Å². The molecule has 1 atom stereocenters. The molecule has 0 unspecified atom stereocenters. The van der Waals surface area contributed by atoms with Crippen molar-refractivity contribution in [2.75, 3.05) is 34.5 Å². The van der Waals surface area contributed by atoms with Crippen LogP contribution in [0.4, 0.5) is 0 Å². The van der Waals surface area contributed by atoms with Gasteiger partial charge in [-0.25, -0.2) is 0 Å². The maximum absolute atomic E-state index is 13.5. The second-order valence-electron chi connectivity index (χ2n) is 7.94. The van der Waals surface area contributed by atoms with Crippen LogP contribution in [0.1, 0.15) is 28.8 Å². The number of methoxy groups -OCH3 is 3. The van der Waals surface area contributed by atoms with Gasteiger partial charge in [-0.3, -0.25) is 9.59 Å². The predicted octanol–water partition coefficient (Wildman–Crippen LogP) is 3.38. The summed E-state index contributed by atoms with van der Waals surface area (Å²) in [5, 5.41) is 0.782. The van der Waals surface area contributed by atoms with Crippen molar-refractivity contribution >= 4 is 16.8 Å². The molecule has 0 radical (unpaired) electrons. The number of amides is 1. The average molecular weight is 453 g/mol. The summed E-state index contributed by atoms with van der Waals surface area (Å²) in [6.45, 7) is 1.20. The van der Waals surface area contributed by atoms with Crippen molar-refractivity contribution in [3.8, 4) is 17.2 Å². The summed E-state index contributed by atoms with van der Waals surface area (Å²) in [7, 11) is 4.64. The number of aromatic nitrogens is 1. The Labute approximate surface area is 192 Å². The number of fused-ring (bicyclic) bond motifs is 1. The van der Waals surface area contributed by atoms with Crippen molar-refractivity contribution in [3.05, 3.63) is 63.9 Å². The number of benzene rings is 2. The molecule has 1 amide bonds. The summed E-state index contributed by atoms with van der Waals surface area (Å²) in [5.41, 5.74) is 1.28. The van der Waals surface area contributed by atoms with E-state index in [0.29, 0.717) is 47.0 Å². The van der Waals surface area contributed by atoms with E-state index in [2.05, 4.69) is 4.98 Å². The first-order valence-electron chi connectivity index (χ1n) is 10.9. The molecule has 8 heteroatoms. The maximum atomic E-state index is 13.5. The number of pyridine rings is 1. The van der Waals surface area contributed by atoms with E-state index in [0.717, 1.165) is 18.2 Å². The first kappa shape index (κ1) is 22.7. The maximum Gasteiger partial charge on any atom is 0.258 e. The number of hydrogen-bond acceptors (Lipinski definition) is 6. The highest BCUT2D eigenvalue weighted by molar-refractivity contribution is 5.97. The van der Waals surface area contributed by atoms with Crippen molar-refractivity contribution in [3.63, 3.8) is 0 Å². The van der Waals surface area contributed by atoms with Gasteiger partial charge in [0, 0.05) is 30.2 Å². The zero-order valence-electron chi connectivity index (χ0n) is 19.1. The van der Waals surface area contributed by atoms with Gasteiger partial charge in [-0.05, 0) is 37.1 Å². The lowest BCUT2D eigenvalue weighted by Crippen LogP contribution is -2.38. The van der Waals surface area contributed by atoms with Crippen molar-refractivity contribution in [1.82, 2.24) is 9.88 Å². The summed E-state index contributed by atoms with van der Waals surface area (Å²) in [4.78, 5) is 31.0. The Morgan fingerprint density at radius 2 is 1.79 bits per heavy atom. The zero-order chi connectivity index (χ0) is 23.4.